The number of hydrogen-bond donors (Lipinski definition) is 4. The predicted octanol–water partition coefficient (Wildman–Crippen LogP) is 5.22. The molecule has 5 N–H and O–H groups in total. The van der Waals surface area contributed by atoms with E-state index in [1.54, 1.807) is 6.20 Å². The number of carboxylic acid groups (broad SMARTS) is 1. The Kier molecular flexibility index (Phi) is 7.70. The van der Waals surface area contributed by atoms with Crippen LogP contribution in [0.5, 0.6) is 5.75 Å². The van der Waals surface area contributed by atoms with E-state index < -0.39 is 45.9 Å². The number of amides is 1. The molecule has 206 valence electrons. The number of benzene rings is 1. The number of aromatic nitrogens is 2. The van der Waals surface area contributed by atoms with E-state index in [9.17, 15) is 24.2 Å². The number of carbonyl (C=O) groups is 2. The summed E-state index contributed by atoms with van der Waals surface area (Å²) in [5.41, 5.74) is 4.84. The van der Waals surface area contributed by atoms with Gasteiger partial charge in [-0.2, -0.15) is 0 Å². The fraction of sp³-hybridized carbons (Fsp3) is 0.379. The number of hydrogen-bond acceptors (Lipinski definition) is 6. The number of rotatable bonds is 6. The van der Waals surface area contributed by atoms with Gasteiger partial charge in [-0.25, -0.2) is 13.8 Å². The molecule has 2 heterocycles. The quantitative estimate of drug-likeness (QED) is 0.338. The van der Waals surface area contributed by atoms with E-state index in [4.69, 9.17) is 5.73 Å². The van der Waals surface area contributed by atoms with Crippen molar-refractivity contribution in [3.8, 4) is 17.0 Å². The Bertz CT molecular complexity index is 1390. The van der Waals surface area contributed by atoms with E-state index in [2.05, 4.69) is 29.1 Å². The molecule has 1 aromatic carbocycles. The van der Waals surface area contributed by atoms with Crippen LogP contribution < -0.4 is 11.1 Å². The van der Waals surface area contributed by atoms with Crippen LogP contribution in [0.1, 0.15) is 68.1 Å². The number of anilines is 1. The number of phenolic OH excluding ortho intramolecular Hbond substituents is 1. The fourth-order valence-electron chi connectivity index (χ4n) is 5.09. The van der Waals surface area contributed by atoms with Crippen molar-refractivity contribution in [2.45, 2.75) is 57.9 Å². The normalized spacial score (nSPS) is 21.4. The highest BCUT2D eigenvalue weighted by Crippen LogP contribution is 2.41. The van der Waals surface area contributed by atoms with Crippen LogP contribution in [0.25, 0.3) is 11.3 Å². The molecule has 4 atom stereocenters. The molecule has 10 heteroatoms. The minimum Gasteiger partial charge on any atom is -0.507 e. The zero-order valence-electron chi connectivity index (χ0n) is 22.2. The van der Waals surface area contributed by atoms with E-state index in [-0.39, 0.29) is 23.2 Å². The van der Waals surface area contributed by atoms with E-state index >= 15 is 4.39 Å². The second-order valence-corrected chi connectivity index (χ2v) is 10.9. The van der Waals surface area contributed by atoms with Crippen LogP contribution in [0.3, 0.4) is 0 Å². The summed E-state index contributed by atoms with van der Waals surface area (Å²) < 4.78 is 29.9. The van der Waals surface area contributed by atoms with E-state index in [0.717, 1.165) is 42.7 Å². The number of carbonyl (C=O) groups excluding carboxylic acids is 1. The monoisotopic (exact) mass is 538 g/mol. The van der Waals surface area contributed by atoms with Gasteiger partial charge in [0.2, 0.25) is 0 Å². The van der Waals surface area contributed by atoms with Crippen molar-refractivity contribution < 1.29 is 28.6 Å². The van der Waals surface area contributed by atoms with Gasteiger partial charge in [0.25, 0.3) is 5.91 Å². The third kappa shape index (κ3) is 5.47. The summed E-state index contributed by atoms with van der Waals surface area (Å²) in [7, 11) is 0. The summed E-state index contributed by atoms with van der Waals surface area (Å²) in [4.78, 5) is 32.9. The highest BCUT2D eigenvalue weighted by atomic mass is 19.1. The summed E-state index contributed by atoms with van der Waals surface area (Å²) in [6, 6.07) is 5.94. The third-order valence-corrected chi connectivity index (χ3v) is 7.97. The largest absolute Gasteiger partial charge is 0.507 e. The van der Waals surface area contributed by atoms with Crippen molar-refractivity contribution in [1.29, 1.82) is 0 Å². The standard InChI is InChI=1S/C29H32F2N4O4/c1-14-9-16(10-21(32)15(14)2)18-7-8-33-13-23(18)35-27(37)22-6-5-19(30)26(34-22)25-20(31)11-17(12-24(25)36)29(3,4)28(38)39/h5-8,11-16,21,36H,9-10,32H2,1-4H3,(H,35,37)(H,38,39)/t14-,15-,16+,21+/m0/s1. The molecule has 8 nitrogen and oxygen atoms in total. The Morgan fingerprint density at radius 1 is 1.10 bits per heavy atom. The van der Waals surface area contributed by atoms with Gasteiger partial charge in [0.1, 0.15) is 28.8 Å². The summed E-state index contributed by atoms with van der Waals surface area (Å²) in [6.45, 7) is 6.99. The van der Waals surface area contributed by atoms with Crippen molar-refractivity contribution in [2.24, 2.45) is 17.6 Å². The molecule has 39 heavy (non-hydrogen) atoms. The van der Waals surface area contributed by atoms with Crippen LogP contribution in [0.2, 0.25) is 0 Å². The average Bonchev–Trinajstić information content (AvgIpc) is 2.87. The van der Waals surface area contributed by atoms with Crippen LogP contribution in [-0.2, 0) is 10.2 Å². The van der Waals surface area contributed by atoms with Crippen molar-refractivity contribution in [1.82, 2.24) is 9.97 Å². The first-order valence-corrected chi connectivity index (χ1v) is 12.7. The number of aromatic hydroxyl groups is 1. The number of nitrogens with one attached hydrogen (secondary N) is 1. The first kappa shape index (κ1) is 28.1. The molecular formula is C29H32F2N4O4. The zero-order chi connectivity index (χ0) is 28.6. The molecule has 3 aromatic rings. The molecule has 0 bridgehead atoms. The summed E-state index contributed by atoms with van der Waals surface area (Å²) in [6.07, 6.45) is 4.83. The number of carboxylic acids is 1. The molecule has 0 unspecified atom stereocenters. The maximum atomic E-state index is 15.1. The Hall–Kier alpha value is -3.92. The summed E-state index contributed by atoms with van der Waals surface area (Å²) in [5, 5.41) is 22.8. The van der Waals surface area contributed by atoms with Gasteiger partial charge in [-0.1, -0.05) is 13.8 Å². The molecule has 1 aliphatic rings. The highest BCUT2D eigenvalue weighted by molar-refractivity contribution is 6.03. The Morgan fingerprint density at radius 2 is 1.82 bits per heavy atom. The van der Waals surface area contributed by atoms with E-state index in [0.29, 0.717) is 17.5 Å². The Balaban J connectivity index is 1.65. The van der Waals surface area contributed by atoms with E-state index in [1.165, 1.54) is 20.0 Å². The Labute approximate surface area is 225 Å². The topological polar surface area (TPSA) is 138 Å². The van der Waals surface area contributed by atoms with Crippen LogP contribution in [0.4, 0.5) is 14.5 Å². The lowest BCUT2D eigenvalue weighted by Gasteiger charge is -2.37. The van der Waals surface area contributed by atoms with Gasteiger partial charge in [-0.15, -0.1) is 0 Å². The van der Waals surface area contributed by atoms with Gasteiger partial charge in [-0.3, -0.25) is 14.6 Å². The zero-order valence-corrected chi connectivity index (χ0v) is 22.2. The van der Waals surface area contributed by atoms with Gasteiger partial charge in [0.05, 0.1) is 22.9 Å². The third-order valence-electron chi connectivity index (χ3n) is 7.97. The van der Waals surface area contributed by atoms with Gasteiger partial charge >= 0.3 is 5.97 Å². The van der Waals surface area contributed by atoms with Gasteiger partial charge in [0.15, 0.2) is 0 Å². The van der Waals surface area contributed by atoms with Crippen molar-refractivity contribution in [3.63, 3.8) is 0 Å². The smallest absolute Gasteiger partial charge is 0.313 e. The fourth-order valence-corrected chi connectivity index (χ4v) is 5.09. The molecule has 0 saturated heterocycles. The second kappa shape index (κ2) is 10.7. The molecule has 0 aliphatic heterocycles. The Morgan fingerprint density at radius 3 is 2.46 bits per heavy atom. The molecule has 1 amide bonds. The second-order valence-electron chi connectivity index (χ2n) is 10.9. The van der Waals surface area contributed by atoms with Crippen LogP contribution in [0, 0.1) is 23.5 Å². The van der Waals surface area contributed by atoms with Crippen LogP contribution in [0.15, 0.2) is 42.7 Å². The molecule has 1 fully saturated rings. The molecule has 0 radical (unpaired) electrons. The summed E-state index contributed by atoms with van der Waals surface area (Å²) >= 11 is 0. The predicted molar refractivity (Wildman–Crippen MR) is 142 cm³/mol. The van der Waals surface area contributed by atoms with Gasteiger partial charge in [-0.05, 0) is 85.9 Å². The van der Waals surface area contributed by atoms with Gasteiger partial charge in [0, 0.05) is 12.2 Å². The molecule has 4 rings (SSSR count). The number of halogens is 2. The maximum Gasteiger partial charge on any atom is 0.313 e. The molecule has 0 spiro atoms. The molecular weight excluding hydrogens is 506 g/mol. The lowest BCUT2D eigenvalue weighted by molar-refractivity contribution is -0.142. The van der Waals surface area contributed by atoms with Crippen molar-refractivity contribution in [3.05, 3.63) is 71.2 Å². The lowest BCUT2D eigenvalue weighted by atomic mass is 9.71. The minimum absolute atomic E-state index is 0.0155. The molecule has 1 aliphatic carbocycles. The number of phenols is 1. The SMILES string of the molecule is C[C@@H]1[C@H](N)C[C@H](c2ccncc2NC(=O)c2ccc(F)c(-c3c(O)cc(C(C)(C)C(=O)O)cc3F)n2)C[C@@H]1C. The van der Waals surface area contributed by atoms with Crippen molar-refractivity contribution in [2.75, 3.05) is 5.32 Å². The van der Waals surface area contributed by atoms with E-state index in [1.807, 2.05) is 6.07 Å². The number of nitrogens with zero attached hydrogens (tertiary/aromatic N) is 2. The number of pyridine rings is 2. The molecule has 1 saturated carbocycles. The first-order chi connectivity index (χ1) is 18.3. The van der Waals surface area contributed by atoms with Crippen LogP contribution >= 0.6 is 0 Å². The average molecular weight is 539 g/mol. The summed E-state index contributed by atoms with van der Waals surface area (Å²) in [5.74, 6) is -3.75. The first-order valence-electron chi connectivity index (χ1n) is 12.7. The maximum absolute atomic E-state index is 15.1. The number of nitrogens with two attached hydrogens (primary N) is 1. The highest BCUT2D eigenvalue weighted by Gasteiger charge is 2.34. The van der Waals surface area contributed by atoms with Gasteiger partial charge < -0.3 is 21.3 Å². The lowest BCUT2D eigenvalue weighted by Crippen LogP contribution is -2.39. The van der Waals surface area contributed by atoms with Crippen molar-refractivity contribution >= 4 is 17.6 Å². The molecule has 2 aromatic heterocycles. The number of aliphatic carboxylic acids is 1. The minimum atomic E-state index is -1.51. The van der Waals surface area contributed by atoms with Crippen LogP contribution in [-0.4, -0.2) is 38.1 Å².